The maximum atomic E-state index is 5.46. The minimum Gasteiger partial charge on any atom is -0.494 e. The van der Waals surface area contributed by atoms with Gasteiger partial charge in [-0.2, -0.15) is 0 Å². The van der Waals surface area contributed by atoms with Crippen LogP contribution in [0.2, 0.25) is 0 Å². The van der Waals surface area contributed by atoms with Crippen molar-refractivity contribution in [2.75, 3.05) is 27.2 Å². The van der Waals surface area contributed by atoms with E-state index in [9.17, 15) is 0 Å². The molecule has 0 aliphatic rings. The van der Waals surface area contributed by atoms with E-state index in [1.807, 2.05) is 26.1 Å². The molecule has 2 N–H and O–H groups in total. The van der Waals surface area contributed by atoms with Crippen LogP contribution in [0.4, 0.5) is 0 Å². The quantitative estimate of drug-likeness (QED) is 0.599. The highest BCUT2D eigenvalue weighted by Gasteiger charge is 1.97. The van der Waals surface area contributed by atoms with Crippen molar-refractivity contribution in [2.45, 2.75) is 13.3 Å². The van der Waals surface area contributed by atoms with Crippen molar-refractivity contribution in [1.82, 2.24) is 10.6 Å². The molecule has 4 heteroatoms. The van der Waals surface area contributed by atoms with Crippen LogP contribution in [0.25, 0.3) is 0 Å². The Balaban J connectivity index is 2.43. The zero-order valence-electron chi connectivity index (χ0n) is 10.8. The Labute approximate surface area is 103 Å². The highest BCUT2D eigenvalue weighted by Crippen LogP contribution is 2.13. The Morgan fingerprint density at radius 1 is 1.41 bits per heavy atom. The molecule has 94 valence electrons. The standard InChI is InChI=1S/C13H21N3O/c1-4-17-12-7-5-6-11(10-12)8-9-16-13(14-2)15-3/h5-7,10H,4,8-9H2,1-3H3,(H2,14,15,16). The van der Waals surface area contributed by atoms with E-state index < -0.39 is 0 Å². The molecule has 0 atom stereocenters. The molecule has 0 heterocycles. The summed E-state index contributed by atoms with van der Waals surface area (Å²) in [5.74, 6) is 1.74. The molecule has 0 saturated heterocycles. The van der Waals surface area contributed by atoms with Gasteiger partial charge in [-0.3, -0.25) is 4.99 Å². The normalized spacial score (nSPS) is 11.1. The second-order valence-electron chi connectivity index (χ2n) is 3.58. The summed E-state index contributed by atoms with van der Waals surface area (Å²) in [7, 11) is 3.61. The molecule has 0 amide bonds. The summed E-state index contributed by atoms with van der Waals surface area (Å²) in [6, 6.07) is 8.18. The first-order valence-corrected chi connectivity index (χ1v) is 5.90. The van der Waals surface area contributed by atoms with Crippen molar-refractivity contribution < 1.29 is 4.74 Å². The van der Waals surface area contributed by atoms with Crippen molar-refractivity contribution >= 4 is 5.96 Å². The maximum absolute atomic E-state index is 5.46. The van der Waals surface area contributed by atoms with Crippen molar-refractivity contribution in [1.29, 1.82) is 0 Å². The fraction of sp³-hybridized carbons (Fsp3) is 0.462. The third-order valence-electron chi connectivity index (χ3n) is 2.38. The van der Waals surface area contributed by atoms with Gasteiger partial charge in [-0.05, 0) is 31.0 Å². The molecule has 0 aliphatic heterocycles. The van der Waals surface area contributed by atoms with E-state index in [4.69, 9.17) is 4.74 Å². The average molecular weight is 235 g/mol. The van der Waals surface area contributed by atoms with Crippen LogP contribution in [-0.4, -0.2) is 33.2 Å². The molecule has 0 aromatic heterocycles. The van der Waals surface area contributed by atoms with Gasteiger partial charge in [0.1, 0.15) is 5.75 Å². The van der Waals surface area contributed by atoms with Crippen molar-refractivity contribution in [3.8, 4) is 5.75 Å². The van der Waals surface area contributed by atoms with E-state index in [1.54, 1.807) is 7.05 Å². The van der Waals surface area contributed by atoms with Crippen LogP contribution in [0.3, 0.4) is 0 Å². The molecule has 1 aromatic carbocycles. The van der Waals surface area contributed by atoms with Gasteiger partial charge in [-0.1, -0.05) is 12.1 Å². The largest absolute Gasteiger partial charge is 0.494 e. The molecule has 0 unspecified atom stereocenters. The summed E-state index contributed by atoms with van der Waals surface area (Å²) in [5.41, 5.74) is 1.26. The molecule has 1 aromatic rings. The molecular weight excluding hydrogens is 214 g/mol. The Morgan fingerprint density at radius 2 is 2.24 bits per heavy atom. The summed E-state index contributed by atoms with van der Waals surface area (Å²) in [5, 5.41) is 6.20. The van der Waals surface area contributed by atoms with Crippen molar-refractivity contribution in [2.24, 2.45) is 4.99 Å². The van der Waals surface area contributed by atoms with Gasteiger partial charge in [0.05, 0.1) is 6.61 Å². The highest BCUT2D eigenvalue weighted by atomic mass is 16.5. The predicted octanol–water partition coefficient (Wildman–Crippen LogP) is 1.42. The van der Waals surface area contributed by atoms with Crippen molar-refractivity contribution in [3.05, 3.63) is 29.8 Å². The lowest BCUT2D eigenvalue weighted by molar-refractivity contribution is 0.340. The lowest BCUT2D eigenvalue weighted by atomic mass is 10.1. The molecule has 0 aliphatic carbocycles. The van der Waals surface area contributed by atoms with Gasteiger partial charge in [0.2, 0.25) is 0 Å². The van der Waals surface area contributed by atoms with E-state index in [1.165, 1.54) is 5.56 Å². The number of nitrogens with zero attached hydrogens (tertiary/aromatic N) is 1. The van der Waals surface area contributed by atoms with Gasteiger partial charge in [0.25, 0.3) is 0 Å². The molecule has 1 rings (SSSR count). The fourth-order valence-corrected chi connectivity index (χ4v) is 1.56. The maximum Gasteiger partial charge on any atom is 0.190 e. The van der Waals surface area contributed by atoms with Crippen LogP contribution in [0.15, 0.2) is 29.3 Å². The molecule has 0 saturated carbocycles. The van der Waals surface area contributed by atoms with Gasteiger partial charge in [0.15, 0.2) is 5.96 Å². The second kappa shape index (κ2) is 7.54. The zero-order valence-corrected chi connectivity index (χ0v) is 10.8. The number of nitrogens with one attached hydrogen (secondary N) is 2. The van der Waals surface area contributed by atoms with E-state index in [2.05, 4.69) is 27.8 Å². The number of hydrogen-bond donors (Lipinski definition) is 2. The molecule has 0 radical (unpaired) electrons. The number of rotatable bonds is 5. The van der Waals surface area contributed by atoms with E-state index in [0.717, 1.165) is 24.7 Å². The van der Waals surface area contributed by atoms with Crippen LogP contribution in [0.5, 0.6) is 5.75 Å². The first-order chi connectivity index (χ1) is 8.30. The van der Waals surface area contributed by atoms with Crippen LogP contribution in [0.1, 0.15) is 12.5 Å². The first-order valence-electron chi connectivity index (χ1n) is 5.90. The molecule has 0 fully saturated rings. The molecule has 0 spiro atoms. The van der Waals surface area contributed by atoms with Gasteiger partial charge in [0, 0.05) is 20.6 Å². The van der Waals surface area contributed by atoms with Crippen molar-refractivity contribution in [3.63, 3.8) is 0 Å². The third-order valence-corrected chi connectivity index (χ3v) is 2.38. The van der Waals surface area contributed by atoms with Gasteiger partial charge in [-0.25, -0.2) is 0 Å². The number of ether oxygens (including phenoxy) is 1. The Morgan fingerprint density at radius 3 is 2.88 bits per heavy atom. The summed E-state index contributed by atoms with van der Waals surface area (Å²) in [6.45, 7) is 3.54. The van der Waals surface area contributed by atoms with Gasteiger partial charge >= 0.3 is 0 Å². The molecule has 0 bridgehead atoms. The van der Waals surface area contributed by atoms with E-state index >= 15 is 0 Å². The van der Waals surface area contributed by atoms with Gasteiger partial charge < -0.3 is 15.4 Å². The fourth-order valence-electron chi connectivity index (χ4n) is 1.56. The van der Waals surface area contributed by atoms with E-state index in [0.29, 0.717) is 6.61 Å². The Hall–Kier alpha value is -1.71. The van der Waals surface area contributed by atoms with Crippen LogP contribution >= 0.6 is 0 Å². The summed E-state index contributed by atoms with van der Waals surface area (Å²) in [6.07, 6.45) is 0.946. The smallest absolute Gasteiger partial charge is 0.190 e. The summed E-state index contributed by atoms with van der Waals surface area (Å²) < 4.78 is 5.46. The van der Waals surface area contributed by atoms with Gasteiger partial charge in [-0.15, -0.1) is 0 Å². The molecular formula is C13H21N3O. The highest BCUT2D eigenvalue weighted by molar-refractivity contribution is 5.79. The summed E-state index contributed by atoms with van der Waals surface area (Å²) >= 11 is 0. The minimum atomic E-state index is 0.702. The lowest BCUT2D eigenvalue weighted by Crippen LogP contribution is -2.35. The zero-order chi connectivity index (χ0) is 12.5. The second-order valence-corrected chi connectivity index (χ2v) is 3.58. The topological polar surface area (TPSA) is 45.6 Å². The third kappa shape index (κ3) is 4.76. The molecule has 17 heavy (non-hydrogen) atoms. The molecule has 4 nitrogen and oxygen atoms in total. The van der Waals surface area contributed by atoms with Crippen LogP contribution in [-0.2, 0) is 6.42 Å². The summed E-state index contributed by atoms with van der Waals surface area (Å²) in [4.78, 5) is 4.05. The number of guanidine groups is 1. The lowest BCUT2D eigenvalue weighted by Gasteiger charge is -2.09. The Kier molecular flexibility index (Phi) is 5.93. The minimum absolute atomic E-state index is 0.702. The number of aliphatic imine (C=N–C) groups is 1. The van der Waals surface area contributed by atoms with Crippen LogP contribution in [0, 0.1) is 0 Å². The SMILES string of the molecule is CCOc1cccc(CCNC(=NC)NC)c1. The Bertz CT molecular complexity index is 363. The monoisotopic (exact) mass is 235 g/mol. The first kappa shape index (κ1) is 13.4. The van der Waals surface area contributed by atoms with E-state index in [-0.39, 0.29) is 0 Å². The predicted molar refractivity (Wildman–Crippen MR) is 71.7 cm³/mol. The van der Waals surface area contributed by atoms with Crippen LogP contribution < -0.4 is 15.4 Å². The average Bonchev–Trinajstić information content (AvgIpc) is 2.36. The number of hydrogen-bond acceptors (Lipinski definition) is 2. The number of benzene rings is 1.